The van der Waals surface area contributed by atoms with E-state index in [4.69, 9.17) is 20.9 Å². The zero-order chi connectivity index (χ0) is 15.6. The molecule has 1 saturated heterocycles. The summed E-state index contributed by atoms with van der Waals surface area (Å²) >= 11 is 0. The maximum absolute atomic E-state index is 11.8. The van der Waals surface area contributed by atoms with Gasteiger partial charge in [-0.3, -0.25) is 9.36 Å². The lowest BCUT2D eigenvalue weighted by Gasteiger charge is -2.16. The van der Waals surface area contributed by atoms with Crippen LogP contribution in [0.2, 0.25) is 0 Å². The summed E-state index contributed by atoms with van der Waals surface area (Å²) in [5, 5.41) is 9.88. The van der Waals surface area contributed by atoms with Crippen molar-refractivity contribution in [1.82, 2.24) is 9.55 Å². The van der Waals surface area contributed by atoms with E-state index < -0.39 is 30.0 Å². The van der Waals surface area contributed by atoms with Crippen LogP contribution >= 0.6 is 0 Å². The molecule has 1 aliphatic heterocycles. The van der Waals surface area contributed by atoms with Crippen LogP contribution in [-0.2, 0) is 9.47 Å². The fraction of sp³-hybridized carbons (Fsp3) is 0.417. The molecule has 0 unspecified atom stereocenters. The van der Waals surface area contributed by atoms with Gasteiger partial charge in [0.2, 0.25) is 0 Å². The first-order valence-corrected chi connectivity index (χ1v) is 6.18. The zero-order valence-corrected chi connectivity index (χ0v) is 11.1. The van der Waals surface area contributed by atoms with Gasteiger partial charge in [0.15, 0.2) is 0 Å². The second-order valence-corrected chi connectivity index (χ2v) is 4.53. The van der Waals surface area contributed by atoms with E-state index >= 15 is 0 Å². The van der Waals surface area contributed by atoms with Crippen LogP contribution in [0, 0.1) is 0 Å². The van der Waals surface area contributed by atoms with Crippen LogP contribution in [0.1, 0.15) is 23.0 Å². The number of nitrogens with two attached hydrogens (primary N) is 2. The third-order valence-electron chi connectivity index (χ3n) is 3.14. The first kappa shape index (κ1) is 15.0. The molecule has 3 atom stereocenters. The Bertz CT molecular complexity index is 614. The summed E-state index contributed by atoms with van der Waals surface area (Å²) in [4.78, 5) is 26.6. The first-order valence-electron chi connectivity index (χ1n) is 6.18. The van der Waals surface area contributed by atoms with Gasteiger partial charge in [0.1, 0.15) is 24.8 Å². The van der Waals surface area contributed by atoms with Gasteiger partial charge in [0.25, 0.3) is 5.91 Å². The topological polar surface area (TPSA) is 143 Å². The second-order valence-electron chi connectivity index (χ2n) is 4.53. The predicted molar refractivity (Wildman–Crippen MR) is 72.1 cm³/mol. The molecule has 114 valence electrons. The fourth-order valence-electron chi connectivity index (χ4n) is 2.08. The normalized spacial score (nSPS) is 24.7. The minimum absolute atomic E-state index is 0.0847. The van der Waals surface area contributed by atoms with E-state index in [1.165, 1.54) is 12.5 Å². The molecule has 21 heavy (non-hydrogen) atoms. The van der Waals surface area contributed by atoms with Crippen LogP contribution in [0.15, 0.2) is 23.8 Å². The summed E-state index contributed by atoms with van der Waals surface area (Å²) in [5.41, 5.74) is 9.84. The number of aliphatic hydroxyl groups is 1. The highest BCUT2D eigenvalue weighted by atomic mass is 16.6. The van der Waals surface area contributed by atoms with Crippen molar-refractivity contribution in [2.45, 2.75) is 24.9 Å². The largest absolute Gasteiger partial charge is 0.499 e. The molecule has 9 nitrogen and oxygen atoms in total. The van der Waals surface area contributed by atoms with Gasteiger partial charge in [0.05, 0.1) is 17.9 Å². The number of carbonyl (C=O) groups is 1. The van der Waals surface area contributed by atoms with E-state index in [1.807, 2.05) is 0 Å². The molecule has 0 aliphatic carbocycles. The Morgan fingerprint density at radius 2 is 2.43 bits per heavy atom. The molecule has 2 rings (SSSR count). The minimum Gasteiger partial charge on any atom is -0.499 e. The predicted octanol–water partition coefficient (Wildman–Crippen LogP) is -1.27. The zero-order valence-electron chi connectivity index (χ0n) is 11.1. The van der Waals surface area contributed by atoms with Crippen molar-refractivity contribution in [2.24, 2.45) is 5.73 Å². The van der Waals surface area contributed by atoms with Gasteiger partial charge in [-0.15, -0.1) is 0 Å². The van der Waals surface area contributed by atoms with E-state index in [-0.39, 0.29) is 24.4 Å². The molecule has 2 heterocycles. The number of hydrogen-bond acceptors (Lipinski definition) is 7. The minimum atomic E-state index is -0.823. The fourth-order valence-corrected chi connectivity index (χ4v) is 2.08. The van der Waals surface area contributed by atoms with Crippen molar-refractivity contribution in [3.8, 4) is 0 Å². The molecule has 1 amide bonds. The van der Waals surface area contributed by atoms with Crippen LogP contribution in [0.5, 0.6) is 0 Å². The van der Waals surface area contributed by atoms with Crippen LogP contribution < -0.4 is 17.2 Å². The number of anilines is 1. The van der Waals surface area contributed by atoms with Gasteiger partial charge >= 0.3 is 5.69 Å². The van der Waals surface area contributed by atoms with Gasteiger partial charge < -0.3 is 26.0 Å². The molecule has 0 bridgehead atoms. The number of hydrogen-bond donors (Lipinski definition) is 3. The molecule has 1 aromatic rings. The summed E-state index contributed by atoms with van der Waals surface area (Å²) < 4.78 is 11.6. The van der Waals surface area contributed by atoms with Crippen molar-refractivity contribution in [3.63, 3.8) is 0 Å². The van der Waals surface area contributed by atoms with Crippen molar-refractivity contribution in [3.05, 3.63) is 35.1 Å². The molecular formula is C12H16N4O5. The summed E-state index contributed by atoms with van der Waals surface area (Å²) in [6.45, 7) is 3.49. The third kappa shape index (κ3) is 3.03. The Kier molecular flexibility index (Phi) is 4.24. The van der Waals surface area contributed by atoms with Crippen LogP contribution in [0.4, 0.5) is 5.82 Å². The number of aliphatic hydroxyl groups excluding tert-OH is 1. The Morgan fingerprint density at radius 3 is 3.05 bits per heavy atom. The highest BCUT2D eigenvalue weighted by Crippen LogP contribution is 2.28. The smallest absolute Gasteiger partial charge is 0.351 e. The average Bonchev–Trinajstić information content (AvgIpc) is 2.77. The van der Waals surface area contributed by atoms with Crippen molar-refractivity contribution < 1.29 is 19.4 Å². The van der Waals surface area contributed by atoms with Gasteiger partial charge in [-0.2, -0.15) is 4.98 Å². The lowest BCUT2D eigenvalue weighted by Crippen LogP contribution is -2.31. The monoisotopic (exact) mass is 296 g/mol. The number of primary amides is 1. The van der Waals surface area contributed by atoms with E-state index in [0.29, 0.717) is 0 Å². The second kappa shape index (κ2) is 5.94. The summed E-state index contributed by atoms with van der Waals surface area (Å²) in [5.74, 6) is -1.05. The summed E-state index contributed by atoms with van der Waals surface area (Å²) in [6, 6.07) is 0. The Labute approximate surface area is 119 Å². The van der Waals surface area contributed by atoms with Crippen LogP contribution in [-0.4, -0.2) is 39.4 Å². The maximum atomic E-state index is 11.8. The van der Waals surface area contributed by atoms with Gasteiger partial charge in [-0.25, -0.2) is 4.79 Å². The average molecular weight is 296 g/mol. The van der Waals surface area contributed by atoms with Crippen LogP contribution in [0.3, 0.4) is 0 Å². The summed E-state index contributed by atoms with van der Waals surface area (Å²) in [6.07, 6.45) is 0.338. The number of aromatic nitrogens is 2. The molecule has 0 spiro atoms. The highest BCUT2D eigenvalue weighted by Gasteiger charge is 2.36. The van der Waals surface area contributed by atoms with E-state index in [2.05, 4.69) is 11.6 Å². The number of nitrogen functional groups attached to an aromatic ring is 1. The van der Waals surface area contributed by atoms with E-state index in [1.54, 1.807) is 0 Å². The quantitative estimate of drug-likeness (QED) is 0.575. The van der Waals surface area contributed by atoms with Crippen molar-refractivity contribution >= 4 is 11.7 Å². The third-order valence-corrected chi connectivity index (χ3v) is 3.14. The highest BCUT2D eigenvalue weighted by molar-refractivity contribution is 5.96. The molecular weight excluding hydrogens is 280 g/mol. The number of nitrogens with zero attached hydrogens (tertiary/aromatic N) is 2. The van der Waals surface area contributed by atoms with E-state index in [9.17, 15) is 14.7 Å². The molecule has 1 aromatic heterocycles. The van der Waals surface area contributed by atoms with Gasteiger partial charge in [0, 0.05) is 12.6 Å². The molecule has 0 aromatic carbocycles. The standard InChI is InChI=1S/C12H16N4O5/c1-2-20-5-8-7(17)3-9(21-8)16-4-6(11(14)18)10(13)15-12(16)19/h2,4,7-9,17H,1,3,5H2,(H2,14,18)(H2,13,15,19)/t7-,8+,9+/m0/s1. The maximum Gasteiger partial charge on any atom is 0.351 e. The van der Waals surface area contributed by atoms with Crippen molar-refractivity contribution in [1.29, 1.82) is 0 Å². The molecule has 1 aliphatic rings. The first-order chi connectivity index (χ1) is 9.93. The Hall–Kier alpha value is -2.39. The van der Waals surface area contributed by atoms with Crippen LogP contribution in [0.25, 0.3) is 0 Å². The Morgan fingerprint density at radius 1 is 1.71 bits per heavy atom. The number of ether oxygens (including phenoxy) is 2. The molecule has 0 saturated carbocycles. The van der Waals surface area contributed by atoms with Gasteiger partial charge in [-0.1, -0.05) is 6.58 Å². The number of carbonyl (C=O) groups excluding carboxylic acids is 1. The molecule has 9 heteroatoms. The number of rotatable bonds is 5. The summed E-state index contributed by atoms with van der Waals surface area (Å²) in [7, 11) is 0. The lowest BCUT2D eigenvalue weighted by atomic mass is 10.2. The molecule has 1 fully saturated rings. The number of amides is 1. The lowest BCUT2D eigenvalue weighted by molar-refractivity contribution is -0.0484. The van der Waals surface area contributed by atoms with Gasteiger partial charge in [-0.05, 0) is 0 Å². The van der Waals surface area contributed by atoms with E-state index in [0.717, 1.165) is 4.57 Å². The Balaban J connectivity index is 2.27. The molecule has 0 radical (unpaired) electrons. The SMILES string of the molecule is C=COC[C@H]1O[C@@H](n2cc(C(N)=O)c(N)nc2=O)C[C@@H]1O. The molecule has 5 N–H and O–H groups in total. The van der Waals surface area contributed by atoms with Crippen molar-refractivity contribution in [2.75, 3.05) is 12.3 Å².